The summed E-state index contributed by atoms with van der Waals surface area (Å²) in [6.45, 7) is 0. The van der Waals surface area contributed by atoms with E-state index >= 15 is 0 Å². The first-order valence-corrected chi connectivity index (χ1v) is 10.0. The maximum atomic E-state index is 11.4. The highest BCUT2D eigenvalue weighted by Crippen LogP contribution is 2.59. The molecule has 1 N–H and O–H groups in total. The molecule has 116 valence electrons. The molecule has 2 unspecified atom stereocenters. The van der Waals surface area contributed by atoms with E-state index in [1.54, 1.807) is 6.07 Å². The van der Waals surface area contributed by atoms with Crippen molar-refractivity contribution in [2.45, 2.75) is 37.4 Å². The molecular formula is C16H22O4S. The minimum atomic E-state index is -1.21. The number of fused-ring (bicyclic) bond motifs is 3. The predicted molar refractivity (Wildman–Crippen MR) is 84.5 cm³/mol. The number of benzene rings is 1. The van der Waals surface area contributed by atoms with Gasteiger partial charge in [0.05, 0.1) is 11.5 Å². The summed E-state index contributed by atoms with van der Waals surface area (Å²) < 4.78 is 12.6. The summed E-state index contributed by atoms with van der Waals surface area (Å²) in [6.07, 6.45) is 10.9. The summed E-state index contributed by atoms with van der Waals surface area (Å²) in [5, 5.41) is 9.96. The molecule has 1 fully saturated rings. The maximum absolute atomic E-state index is 11.4. The molecule has 0 bridgehead atoms. The van der Waals surface area contributed by atoms with Gasteiger partial charge >= 0.3 is 0 Å². The fraction of sp³-hybridized carbons (Fsp3) is 0.562. The summed E-state index contributed by atoms with van der Waals surface area (Å²) in [6, 6.07) is 3.27. The zero-order valence-corrected chi connectivity index (χ0v) is 13.5. The smallest absolute Gasteiger partial charge is 0.227 e. The summed E-state index contributed by atoms with van der Waals surface area (Å²) in [5.74, 6) is 0.0715. The number of carbonyl (C=O) groups excluding carboxylic acids is 1. The molecular weight excluding hydrogens is 288 g/mol. The molecule has 2 atom stereocenters. The van der Waals surface area contributed by atoms with Crippen LogP contribution in [0.3, 0.4) is 0 Å². The Hall–Kier alpha value is -1.20. The van der Waals surface area contributed by atoms with E-state index in [0.29, 0.717) is 11.3 Å². The third-order valence-corrected chi connectivity index (χ3v) is 4.95. The van der Waals surface area contributed by atoms with Crippen LogP contribution in [0.2, 0.25) is 0 Å². The van der Waals surface area contributed by atoms with Crippen molar-refractivity contribution in [2.75, 3.05) is 18.8 Å². The molecule has 1 aliphatic carbocycles. The van der Waals surface area contributed by atoms with Gasteiger partial charge in [-0.2, -0.15) is 0 Å². The van der Waals surface area contributed by atoms with E-state index in [2.05, 4.69) is 18.8 Å². The van der Waals surface area contributed by atoms with E-state index in [0.717, 1.165) is 37.5 Å². The first-order valence-electron chi connectivity index (χ1n) is 7.25. The molecule has 21 heavy (non-hydrogen) atoms. The second-order valence-corrected chi connectivity index (χ2v) is 10.2. The normalized spacial score (nSPS) is 28.4. The molecule has 5 heteroatoms. The first-order chi connectivity index (χ1) is 9.86. The van der Waals surface area contributed by atoms with Gasteiger partial charge in [0.15, 0.2) is 6.29 Å². The van der Waals surface area contributed by atoms with Crippen molar-refractivity contribution in [3.8, 4) is 11.5 Å². The topological polar surface area (TPSA) is 55.8 Å². The molecule has 2 aliphatic rings. The highest BCUT2D eigenvalue weighted by atomic mass is 32.3. The molecule has 0 aromatic heterocycles. The van der Waals surface area contributed by atoms with E-state index in [9.17, 15) is 9.90 Å². The van der Waals surface area contributed by atoms with Crippen LogP contribution >= 0.6 is 10.3 Å². The lowest BCUT2D eigenvalue weighted by Crippen LogP contribution is -2.43. The van der Waals surface area contributed by atoms with E-state index < -0.39 is 16.1 Å². The molecule has 1 aromatic carbocycles. The van der Waals surface area contributed by atoms with Crippen LogP contribution in [0.1, 0.15) is 47.5 Å². The van der Waals surface area contributed by atoms with Crippen LogP contribution in [0.4, 0.5) is 0 Å². The third-order valence-electron chi connectivity index (χ3n) is 4.16. The summed E-state index contributed by atoms with van der Waals surface area (Å²) >= 11 is 0. The van der Waals surface area contributed by atoms with Gasteiger partial charge in [-0.25, -0.2) is 0 Å². The Morgan fingerprint density at radius 1 is 1.38 bits per heavy atom. The number of phenols is 1. The SMILES string of the molecule is CS(C)(C)OC12CCCCC1c1c(ccc(O)c1C=O)O2. The van der Waals surface area contributed by atoms with Gasteiger partial charge in [0.1, 0.15) is 11.5 Å². The largest absolute Gasteiger partial charge is 0.507 e. The molecule has 1 heterocycles. The van der Waals surface area contributed by atoms with Crippen LogP contribution in [0.5, 0.6) is 11.5 Å². The van der Waals surface area contributed by atoms with Gasteiger partial charge in [0, 0.05) is 12.0 Å². The van der Waals surface area contributed by atoms with Crippen LogP contribution in [-0.2, 0) is 4.18 Å². The fourth-order valence-electron chi connectivity index (χ4n) is 3.50. The Morgan fingerprint density at radius 3 is 2.81 bits per heavy atom. The maximum Gasteiger partial charge on any atom is 0.227 e. The number of carbonyl (C=O) groups is 1. The standard InChI is InChI=1S/C16H22O4S/c1-21(2,3)20-16-9-5-4-6-12(16)15-11(10-17)13(18)7-8-14(15)19-16/h7-8,10,12,18H,4-6,9H2,1-3H3. The lowest BCUT2D eigenvalue weighted by Gasteiger charge is -2.43. The number of rotatable bonds is 3. The number of phenolic OH excluding ortho intramolecular Hbond substituents is 1. The van der Waals surface area contributed by atoms with E-state index in [-0.39, 0.29) is 11.7 Å². The number of hydrogen-bond donors (Lipinski definition) is 1. The lowest BCUT2D eigenvalue weighted by molar-refractivity contribution is -0.126. The minimum Gasteiger partial charge on any atom is -0.507 e. The molecule has 1 saturated carbocycles. The van der Waals surface area contributed by atoms with Gasteiger partial charge in [0.2, 0.25) is 5.79 Å². The zero-order valence-electron chi connectivity index (χ0n) is 12.7. The van der Waals surface area contributed by atoms with Gasteiger partial charge in [0.25, 0.3) is 0 Å². The Kier molecular flexibility index (Phi) is 3.45. The lowest BCUT2D eigenvalue weighted by atomic mass is 9.79. The number of aldehydes is 1. The highest BCUT2D eigenvalue weighted by Gasteiger charge is 2.53. The zero-order chi connectivity index (χ0) is 15.3. The van der Waals surface area contributed by atoms with Gasteiger partial charge in [-0.05, 0) is 43.7 Å². The molecule has 0 saturated heterocycles. The van der Waals surface area contributed by atoms with E-state index in [4.69, 9.17) is 8.92 Å². The van der Waals surface area contributed by atoms with E-state index in [1.165, 1.54) is 6.07 Å². The Bertz CT molecular complexity index is 578. The van der Waals surface area contributed by atoms with Gasteiger partial charge in [-0.3, -0.25) is 8.98 Å². The van der Waals surface area contributed by atoms with Crippen molar-refractivity contribution in [1.29, 1.82) is 0 Å². The highest BCUT2D eigenvalue weighted by molar-refractivity contribution is 8.28. The molecule has 1 aromatic rings. The second-order valence-electron chi connectivity index (χ2n) is 6.55. The first kappa shape index (κ1) is 14.7. The van der Waals surface area contributed by atoms with Gasteiger partial charge in [-0.1, -0.05) is 6.42 Å². The van der Waals surface area contributed by atoms with Crippen LogP contribution in [0.15, 0.2) is 12.1 Å². The number of hydrogen-bond acceptors (Lipinski definition) is 4. The molecule has 1 aliphatic heterocycles. The van der Waals surface area contributed by atoms with Crippen molar-refractivity contribution in [3.63, 3.8) is 0 Å². The monoisotopic (exact) mass is 310 g/mol. The quantitative estimate of drug-likeness (QED) is 0.867. The molecule has 0 amide bonds. The summed E-state index contributed by atoms with van der Waals surface area (Å²) in [5.41, 5.74) is 1.18. The van der Waals surface area contributed by atoms with Crippen LogP contribution < -0.4 is 4.74 Å². The molecule has 0 spiro atoms. The Labute approximate surface area is 127 Å². The number of aromatic hydroxyl groups is 1. The Balaban J connectivity index is 2.10. The van der Waals surface area contributed by atoms with Crippen LogP contribution in [0, 0.1) is 0 Å². The summed E-state index contributed by atoms with van der Waals surface area (Å²) in [7, 11) is -1.21. The van der Waals surface area contributed by atoms with Crippen molar-refractivity contribution >= 4 is 16.6 Å². The average molecular weight is 310 g/mol. The van der Waals surface area contributed by atoms with Gasteiger partial charge < -0.3 is 9.84 Å². The molecule has 4 nitrogen and oxygen atoms in total. The average Bonchev–Trinajstić information content (AvgIpc) is 2.70. The van der Waals surface area contributed by atoms with E-state index in [1.807, 2.05) is 0 Å². The van der Waals surface area contributed by atoms with Crippen molar-refractivity contribution in [3.05, 3.63) is 23.3 Å². The Morgan fingerprint density at radius 2 is 2.14 bits per heavy atom. The van der Waals surface area contributed by atoms with Crippen LogP contribution in [0.25, 0.3) is 0 Å². The molecule has 3 rings (SSSR count). The predicted octanol–water partition coefficient (Wildman–Crippen LogP) is 3.58. The number of ether oxygens (including phenoxy) is 1. The third kappa shape index (κ3) is 2.42. The minimum absolute atomic E-state index is 0.0248. The van der Waals surface area contributed by atoms with Crippen molar-refractivity contribution in [1.82, 2.24) is 0 Å². The van der Waals surface area contributed by atoms with Gasteiger partial charge in [-0.15, -0.1) is 10.3 Å². The second kappa shape index (κ2) is 4.92. The summed E-state index contributed by atoms with van der Waals surface area (Å²) in [4.78, 5) is 11.4. The fourth-order valence-corrected chi connectivity index (χ4v) is 4.58. The van der Waals surface area contributed by atoms with Crippen molar-refractivity contribution in [2.24, 2.45) is 0 Å². The van der Waals surface area contributed by atoms with Crippen LogP contribution in [-0.4, -0.2) is 35.9 Å². The van der Waals surface area contributed by atoms with Crippen molar-refractivity contribution < 1.29 is 18.8 Å². The molecule has 0 radical (unpaired) electrons.